The summed E-state index contributed by atoms with van der Waals surface area (Å²) in [7, 11) is 0. The van der Waals surface area contributed by atoms with Crippen LogP contribution in [0.25, 0.3) is 0 Å². The minimum absolute atomic E-state index is 0. The van der Waals surface area contributed by atoms with Gasteiger partial charge in [0.15, 0.2) is 0 Å². The number of benzene rings is 1. The third kappa shape index (κ3) is 5.52. The molecule has 21 heavy (non-hydrogen) atoms. The Morgan fingerprint density at radius 2 is 2.05 bits per heavy atom. The quantitative estimate of drug-likeness (QED) is 0.491. The predicted molar refractivity (Wildman–Crippen MR) is 90.7 cm³/mol. The van der Waals surface area contributed by atoms with Crippen LogP contribution in [0, 0.1) is 0 Å². The molecule has 1 aromatic rings. The Hall–Kier alpha value is -1.32. The summed E-state index contributed by atoms with van der Waals surface area (Å²) in [6, 6.07) is 10.4. The lowest BCUT2D eigenvalue weighted by molar-refractivity contribution is 0.291. The second-order valence-corrected chi connectivity index (χ2v) is 5.33. The van der Waals surface area contributed by atoms with E-state index >= 15 is 0 Å². The van der Waals surface area contributed by atoms with Crippen molar-refractivity contribution in [3.05, 3.63) is 47.5 Å². The Balaban J connectivity index is 0.00000220. The zero-order valence-electron chi connectivity index (χ0n) is 12.7. The normalized spacial score (nSPS) is 16.2. The van der Waals surface area contributed by atoms with Crippen LogP contribution in [0.4, 0.5) is 0 Å². The van der Waals surface area contributed by atoms with Crippen LogP contribution in [0.5, 0.6) is 0 Å². The van der Waals surface area contributed by atoms with Crippen molar-refractivity contribution in [1.29, 1.82) is 0 Å². The Kier molecular flexibility index (Phi) is 8.09. The van der Waals surface area contributed by atoms with E-state index in [9.17, 15) is 5.21 Å². The van der Waals surface area contributed by atoms with Crippen molar-refractivity contribution in [2.45, 2.75) is 32.6 Å². The van der Waals surface area contributed by atoms with E-state index in [1.165, 1.54) is 17.6 Å². The summed E-state index contributed by atoms with van der Waals surface area (Å²) in [5.74, 6) is 0. The van der Waals surface area contributed by atoms with E-state index in [1.54, 1.807) is 0 Å². The molecule has 1 aliphatic rings. The largest absolute Gasteiger partial charge is 0.411 e. The fraction of sp³-hybridized carbons (Fsp3) is 0.471. The lowest BCUT2D eigenvalue weighted by atomic mass is 9.99. The van der Waals surface area contributed by atoms with E-state index in [0.29, 0.717) is 0 Å². The molecular weight excluding hydrogens is 284 g/mol. The first-order chi connectivity index (χ1) is 9.83. The molecular formula is C17H25ClN2O. The van der Waals surface area contributed by atoms with Crippen molar-refractivity contribution in [3.63, 3.8) is 0 Å². The standard InChI is InChI=1S/C17H24N2O.ClH/c1-2-12-19-13-6-9-16(14-19)17(18-20)11-10-15-7-4-3-5-8-15;/h3-5,7-9,20H,2,6,10-14H2,1H3;1H. The van der Waals surface area contributed by atoms with Crippen molar-refractivity contribution < 1.29 is 5.21 Å². The summed E-state index contributed by atoms with van der Waals surface area (Å²) >= 11 is 0. The van der Waals surface area contributed by atoms with E-state index in [1.807, 2.05) is 18.2 Å². The van der Waals surface area contributed by atoms with Crippen LogP contribution in [0.15, 0.2) is 47.1 Å². The average molecular weight is 309 g/mol. The second-order valence-electron chi connectivity index (χ2n) is 5.33. The number of hydrogen-bond acceptors (Lipinski definition) is 3. The molecule has 0 saturated carbocycles. The Labute approximate surface area is 133 Å². The maximum absolute atomic E-state index is 9.30. The van der Waals surface area contributed by atoms with Gasteiger partial charge in [-0.3, -0.25) is 4.90 Å². The number of oxime groups is 1. The lowest BCUT2D eigenvalue weighted by Crippen LogP contribution is -2.33. The Morgan fingerprint density at radius 1 is 1.29 bits per heavy atom. The molecule has 116 valence electrons. The molecule has 0 radical (unpaired) electrons. The first-order valence-electron chi connectivity index (χ1n) is 7.50. The molecule has 0 fully saturated rings. The van der Waals surface area contributed by atoms with Gasteiger partial charge in [0.05, 0.1) is 5.71 Å². The molecule has 0 aliphatic carbocycles. The van der Waals surface area contributed by atoms with Crippen molar-refractivity contribution in [2.75, 3.05) is 19.6 Å². The van der Waals surface area contributed by atoms with Gasteiger partial charge in [-0.15, -0.1) is 12.4 Å². The SMILES string of the molecule is CCCN1CCC=C(C(CCc2ccccc2)=NO)C1.Cl. The summed E-state index contributed by atoms with van der Waals surface area (Å²) in [6.07, 6.45) is 6.17. The highest BCUT2D eigenvalue weighted by Crippen LogP contribution is 2.15. The number of halogens is 1. The van der Waals surface area contributed by atoms with Gasteiger partial charge in [-0.2, -0.15) is 0 Å². The van der Waals surface area contributed by atoms with E-state index in [2.05, 4.69) is 35.2 Å². The molecule has 0 aromatic heterocycles. The fourth-order valence-electron chi connectivity index (χ4n) is 2.70. The number of nitrogens with zero attached hydrogens (tertiary/aromatic N) is 2. The highest BCUT2D eigenvalue weighted by atomic mass is 35.5. The first-order valence-corrected chi connectivity index (χ1v) is 7.50. The van der Waals surface area contributed by atoms with Gasteiger partial charge in [0.2, 0.25) is 0 Å². The Bertz CT molecular complexity index is 471. The zero-order valence-corrected chi connectivity index (χ0v) is 13.5. The van der Waals surface area contributed by atoms with Gasteiger partial charge in [0.1, 0.15) is 0 Å². The van der Waals surface area contributed by atoms with Crippen LogP contribution in [0.2, 0.25) is 0 Å². The van der Waals surface area contributed by atoms with Crippen molar-refractivity contribution in [2.24, 2.45) is 5.16 Å². The monoisotopic (exact) mass is 308 g/mol. The molecule has 0 saturated heterocycles. The topological polar surface area (TPSA) is 35.8 Å². The molecule has 4 heteroatoms. The molecule has 3 nitrogen and oxygen atoms in total. The third-order valence-electron chi connectivity index (χ3n) is 3.75. The van der Waals surface area contributed by atoms with Crippen LogP contribution in [0.1, 0.15) is 31.7 Å². The number of aryl methyl sites for hydroxylation is 1. The number of hydrogen-bond donors (Lipinski definition) is 1. The van der Waals surface area contributed by atoms with E-state index in [0.717, 1.165) is 44.6 Å². The molecule has 1 N–H and O–H groups in total. The molecule has 1 aliphatic heterocycles. The van der Waals surface area contributed by atoms with Crippen LogP contribution < -0.4 is 0 Å². The Morgan fingerprint density at radius 3 is 2.71 bits per heavy atom. The van der Waals surface area contributed by atoms with Crippen LogP contribution >= 0.6 is 12.4 Å². The molecule has 0 spiro atoms. The van der Waals surface area contributed by atoms with Gasteiger partial charge in [-0.25, -0.2) is 0 Å². The third-order valence-corrected chi connectivity index (χ3v) is 3.75. The van der Waals surface area contributed by atoms with Crippen molar-refractivity contribution >= 4 is 18.1 Å². The maximum atomic E-state index is 9.30. The van der Waals surface area contributed by atoms with Crippen LogP contribution in [0.3, 0.4) is 0 Å². The van der Waals surface area contributed by atoms with E-state index < -0.39 is 0 Å². The number of rotatable bonds is 6. The molecule has 0 bridgehead atoms. The fourth-order valence-corrected chi connectivity index (χ4v) is 2.70. The minimum Gasteiger partial charge on any atom is -0.411 e. The molecule has 2 rings (SSSR count). The smallest absolute Gasteiger partial charge is 0.0840 e. The van der Waals surface area contributed by atoms with Gasteiger partial charge in [-0.05, 0) is 43.4 Å². The van der Waals surface area contributed by atoms with Crippen LogP contribution in [-0.2, 0) is 6.42 Å². The van der Waals surface area contributed by atoms with Gasteiger partial charge in [0.25, 0.3) is 0 Å². The summed E-state index contributed by atoms with van der Waals surface area (Å²) in [6.45, 7) is 5.36. The van der Waals surface area contributed by atoms with Gasteiger partial charge in [0, 0.05) is 13.1 Å². The predicted octanol–water partition coefficient (Wildman–Crippen LogP) is 3.91. The summed E-state index contributed by atoms with van der Waals surface area (Å²) in [4.78, 5) is 2.43. The zero-order chi connectivity index (χ0) is 14.2. The molecule has 1 aromatic carbocycles. The lowest BCUT2D eigenvalue weighted by Gasteiger charge is -2.27. The van der Waals surface area contributed by atoms with E-state index in [4.69, 9.17) is 0 Å². The molecule has 0 unspecified atom stereocenters. The minimum atomic E-state index is 0. The van der Waals surface area contributed by atoms with Crippen molar-refractivity contribution in [1.82, 2.24) is 4.90 Å². The van der Waals surface area contributed by atoms with Gasteiger partial charge >= 0.3 is 0 Å². The second kappa shape index (κ2) is 9.59. The van der Waals surface area contributed by atoms with Crippen molar-refractivity contribution in [3.8, 4) is 0 Å². The van der Waals surface area contributed by atoms with Gasteiger partial charge < -0.3 is 5.21 Å². The van der Waals surface area contributed by atoms with E-state index in [-0.39, 0.29) is 12.4 Å². The summed E-state index contributed by atoms with van der Waals surface area (Å²) < 4.78 is 0. The van der Waals surface area contributed by atoms with Crippen LogP contribution in [-0.4, -0.2) is 35.5 Å². The highest BCUT2D eigenvalue weighted by molar-refractivity contribution is 6.00. The maximum Gasteiger partial charge on any atom is 0.0840 e. The molecule has 0 amide bonds. The first kappa shape index (κ1) is 17.7. The summed E-state index contributed by atoms with van der Waals surface area (Å²) in [5.41, 5.74) is 3.33. The average Bonchev–Trinajstić information content (AvgIpc) is 2.50. The molecule has 0 atom stereocenters. The summed E-state index contributed by atoms with van der Waals surface area (Å²) in [5, 5.41) is 12.8. The molecule has 1 heterocycles. The van der Waals surface area contributed by atoms with Gasteiger partial charge in [-0.1, -0.05) is 48.5 Å². The highest BCUT2D eigenvalue weighted by Gasteiger charge is 2.16.